The number of aliphatic hydroxyl groups is 2. The summed E-state index contributed by atoms with van der Waals surface area (Å²) in [4.78, 5) is 3.93. The Morgan fingerprint density at radius 1 is 1.48 bits per heavy atom. The van der Waals surface area contributed by atoms with Gasteiger partial charge in [0.2, 0.25) is 0 Å². The topological polar surface area (TPSA) is 132 Å². The van der Waals surface area contributed by atoms with Crippen molar-refractivity contribution in [3.8, 4) is 12.3 Å². The maximum Gasteiger partial charge on any atom is 0.327 e. The lowest BCUT2D eigenvalue weighted by Gasteiger charge is -2.43. The highest BCUT2D eigenvalue weighted by molar-refractivity contribution is 7.17. The Labute approximate surface area is 144 Å². The van der Waals surface area contributed by atoms with Crippen LogP contribution in [-0.2, 0) is 19.4 Å². The van der Waals surface area contributed by atoms with E-state index in [0.29, 0.717) is 11.2 Å². The molecule has 0 unspecified atom stereocenters. The van der Waals surface area contributed by atoms with Crippen LogP contribution in [0.2, 0.25) is 0 Å². The molecule has 10 heteroatoms. The van der Waals surface area contributed by atoms with Crippen molar-refractivity contribution in [2.45, 2.75) is 42.4 Å². The monoisotopic (exact) mass is 362 g/mol. The van der Waals surface area contributed by atoms with Gasteiger partial charge in [0.05, 0.1) is 11.8 Å². The van der Waals surface area contributed by atoms with Gasteiger partial charge in [-0.05, 0) is 12.1 Å². The summed E-state index contributed by atoms with van der Waals surface area (Å²) >= 11 is 0. The third-order valence-corrected chi connectivity index (χ3v) is 5.25. The average molecular weight is 362 g/mol. The van der Waals surface area contributed by atoms with E-state index in [0.717, 1.165) is 0 Å². The van der Waals surface area contributed by atoms with E-state index >= 15 is 0 Å². The molecule has 2 aliphatic rings. The Morgan fingerprint density at radius 2 is 2.28 bits per heavy atom. The number of hydrogen-bond donors (Lipinski definition) is 3. The van der Waals surface area contributed by atoms with E-state index < -0.39 is 38.2 Å². The van der Waals surface area contributed by atoms with Crippen LogP contribution in [0.15, 0.2) is 18.5 Å². The van der Waals surface area contributed by atoms with Crippen LogP contribution >= 0.6 is 8.69 Å². The molecule has 0 radical (unpaired) electrons. The first-order valence-corrected chi connectivity index (χ1v) is 8.32. The molecular formula is C15H15N4O5P. The zero-order chi connectivity index (χ0) is 17.8. The summed E-state index contributed by atoms with van der Waals surface area (Å²) in [7, 11) is -0.531. The maximum atomic E-state index is 10.7. The third-order valence-electron chi connectivity index (χ3n) is 4.91. The summed E-state index contributed by atoms with van der Waals surface area (Å²) in [6, 6.07) is 3.40. The van der Waals surface area contributed by atoms with Gasteiger partial charge in [-0.25, -0.2) is 14.1 Å². The number of aliphatic hydroxyl groups excluding tert-OH is 2. The summed E-state index contributed by atoms with van der Waals surface area (Å²) in [6.07, 6.45) is 4.32. The number of hydrogen-bond acceptors (Lipinski definition) is 8. The summed E-state index contributed by atoms with van der Waals surface area (Å²) in [6.45, 7) is 0. The second kappa shape index (κ2) is 5.46. The fourth-order valence-electron chi connectivity index (χ4n) is 3.56. The molecule has 2 aromatic heterocycles. The Hall–Kier alpha value is -2.08. The predicted octanol–water partition coefficient (Wildman–Crippen LogP) is 0.0165. The van der Waals surface area contributed by atoms with Crippen LogP contribution in [0.1, 0.15) is 18.5 Å². The lowest BCUT2D eigenvalue weighted by Crippen LogP contribution is -2.56. The highest BCUT2D eigenvalue weighted by Crippen LogP contribution is 2.56. The van der Waals surface area contributed by atoms with E-state index in [1.165, 1.54) is 10.8 Å². The summed E-state index contributed by atoms with van der Waals surface area (Å²) in [5.74, 6) is 2.86. The first-order chi connectivity index (χ1) is 12.0. The van der Waals surface area contributed by atoms with Crippen molar-refractivity contribution in [3.05, 3.63) is 24.2 Å². The molecule has 1 saturated carbocycles. The largest absolute Gasteiger partial charge is 0.390 e. The van der Waals surface area contributed by atoms with Crippen molar-refractivity contribution in [2.24, 2.45) is 0 Å². The molecule has 0 aromatic carbocycles. The number of rotatable bonds is 3. The predicted molar refractivity (Wildman–Crippen MR) is 85.5 cm³/mol. The smallest absolute Gasteiger partial charge is 0.327 e. The second-order valence-electron chi connectivity index (χ2n) is 6.28. The highest BCUT2D eigenvalue weighted by Gasteiger charge is 2.70. The van der Waals surface area contributed by atoms with Crippen LogP contribution in [0.25, 0.3) is 5.52 Å². The van der Waals surface area contributed by atoms with Crippen LogP contribution in [0.5, 0.6) is 0 Å². The number of nitrogen functional groups attached to an aromatic ring is 1. The average Bonchev–Trinajstić information content (AvgIpc) is 3.07. The minimum Gasteiger partial charge on any atom is -0.390 e. The molecule has 1 aliphatic heterocycles. The third kappa shape index (κ3) is 2.20. The van der Waals surface area contributed by atoms with Crippen LogP contribution < -0.4 is 5.73 Å². The molecule has 1 aliphatic carbocycles. The Balaban J connectivity index is 1.82. The van der Waals surface area contributed by atoms with Gasteiger partial charge in [-0.15, -0.1) is 6.42 Å². The summed E-state index contributed by atoms with van der Waals surface area (Å²) in [5, 5.41) is 24.9. The molecule has 1 saturated heterocycles. The van der Waals surface area contributed by atoms with E-state index in [1.54, 1.807) is 12.1 Å². The molecule has 9 nitrogen and oxygen atoms in total. The maximum absolute atomic E-state index is 10.7. The molecule has 3 heterocycles. The van der Waals surface area contributed by atoms with Crippen molar-refractivity contribution in [3.63, 3.8) is 0 Å². The van der Waals surface area contributed by atoms with Crippen molar-refractivity contribution in [1.82, 2.24) is 14.6 Å². The van der Waals surface area contributed by atoms with E-state index in [2.05, 4.69) is 16.0 Å². The molecule has 1 spiro atoms. The van der Waals surface area contributed by atoms with Gasteiger partial charge in [0.15, 0.2) is 11.4 Å². The molecule has 4 N–H and O–H groups in total. The van der Waals surface area contributed by atoms with Gasteiger partial charge < -0.3 is 20.7 Å². The number of terminal acetylenes is 1. The zero-order valence-corrected chi connectivity index (χ0v) is 13.8. The molecule has 5 atom stereocenters. The summed E-state index contributed by atoms with van der Waals surface area (Å²) < 4.78 is 23.4. The lowest BCUT2D eigenvalue weighted by molar-refractivity contribution is -0.222. The van der Waals surface area contributed by atoms with Crippen LogP contribution in [0, 0.1) is 12.3 Å². The van der Waals surface area contributed by atoms with Gasteiger partial charge in [-0.2, -0.15) is 5.10 Å². The number of fused-ring (bicyclic) bond motifs is 1. The van der Waals surface area contributed by atoms with Crippen LogP contribution in [0.4, 0.5) is 5.82 Å². The first kappa shape index (κ1) is 16.4. The molecular weight excluding hydrogens is 347 g/mol. The molecule has 2 fully saturated rings. The van der Waals surface area contributed by atoms with Crippen LogP contribution in [-0.4, -0.2) is 48.7 Å². The Kier molecular flexibility index (Phi) is 3.58. The van der Waals surface area contributed by atoms with Crippen molar-refractivity contribution >= 4 is 20.0 Å². The fraction of sp³-hybridized carbons (Fsp3) is 0.467. The number of nitrogens with zero attached hydrogens (tertiary/aromatic N) is 3. The summed E-state index contributed by atoms with van der Waals surface area (Å²) in [5.41, 5.74) is 4.30. The molecule has 25 heavy (non-hydrogen) atoms. The lowest BCUT2D eigenvalue weighted by atomic mass is 9.84. The van der Waals surface area contributed by atoms with E-state index in [1.807, 2.05) is 0 Å². The van der Waals surface area contributed by atoms with Crippen LogP contribution in [0.3, 0.4) is 0 Å². The number of ether oxygens (including phenoxy) is 1. The van der Waals surface area contributed by atoms with E-state index in [9.17, 15) is 14.8 Å². The molecule has 4 rings (SSSR count). The van der Waals surface area contributed by atoms with Gasteiger partial charge in [0, 0.05) is 12.8 Å². The van der Waals surface area contributed by atoms with Gasteiger partial charge in [0.25, 0.3) is 0 Å². The number of anilines is 1. The molecule has 0 amide bonds. The molecule has 2 aromatic rings. The Morgan fingerprint density at radius 3 is 3.00 bits per heavy atom. The van der Waals surface area contributed by atoms with Crippen molar-refractivity contribution in [1.29, 1.82) is 0 Å². The standard InChI is InChI=1S/C15H15N4O5P/c1-2-14(10-4-3-8-13(16)17-7-18-19(8)10)5-9(20)12(21)15(24-14)6-11(15)23-25-22/h1,3-4,7,9,11-12,20-21H,5-6H2,(H2,16,17,18)/t9-,11-,12-,14+,15+/m0/s1. The van der Waals surface area contributed by atoms with Gasteiger partial charge >= 0.3 is 8.69 Å². The Bertz CT molecular complexity index is 898. The van der Waals surface area contributed by atoms with E-state index in [4.69, 9.17) is 21.4 Å². The minimum absolute atomic E-state index is 0.0375. The van der Waals surface area contributed by atoms with Gasteiger partial charge in [-0.3, -0.25) is 4.52 Å². The SMILES string of the molecule is C#C[C@]1(c2ccc3c(N)ncnn23)C[C@H](O)[C@H](O)[C@]2(C[C@@H]2OP=O)O1. The fourth-order valence-corrected chi connectivity index (χ4v) is 3.92. The second-order valence-corrected chi connectivity index (χ2v) is 6.64. The zero-order valence-electron chi connectivity index (χ0n) is 12.9. The quantitative estimate of drug-likeness (QED) is 0.514. The highest BCUT2D eigenvalue weighted by atomic mass is 31.1. The van der Waals surface area contributed by atoms with Crippen molar-refractivity contribution in [2.75, 3.05) is 5.73 Å². The number of aromatic nitrogens is 3. The number of nitrogens with two attached hydrogens (primary N) is 1. The normalized spacial score (nSPS) is 37.4. The molecule has 130 valence electrons. The van der Waals surface area contributed by atoms with Gasteiger partial charge in [0.1, 0.15) is 29.7 Å². The minimum atomic E-state index is -1.36. The molecule has 0 bridgehead atoms. The first-order valence-electron chi connectivity index (χ1n) is 7.59. The van der Waals surface area contributed by atoms with Crippen molar-refractivity contribution < 1.29 is 24.0 Å². The van der Waals surface area contributed by atoms with Gasteiger partial charge in [-0.1, -0.05) is 5.92 Å². The van der Waals surface area contributed by atoms with E-state index in [-0.39, 0.29) is 18.7 Å².